The van der Waals surface area contributed by atoms with Crippen molar-refractivity contribution < 1.29 is 4.79 Å². The third-order valence-corrected chi connectivity index (χ3v) is 3.84. The van der Waals surface area contributed by atoms with Gasteiger partial charge in [0.2, 0.25) is 0 Å². The fraction of sp³-hybridized carbons (Fsp3) is 0.105. The fourth-order valence-corrected chi connectivity index (χ4v) is 2.66. The van der Waals surface area contributed by atoms with Crippen LogP contribution < -0.4 is 5.32 Å². The van der Waals surface area contributed by atoms with Crippen LogP contribution in [0.3, 0.4) is 0 Å². The topological polar surface area (TPSA) is 29.1 Å². The molecule has 0 radical (unpaired) electrons. The number of rotatable bonds is 4. The van der Waals surface area contributed by atoms with Crippen molar-refractivity contribution in [2.75, 3.05) is 6.54 Å². The van der Waals surface area contributed by atoms with E-state index in [1.165, 1.54) is 0 Å². The average molecular weight is 310 g/mol. The van der Waals surface area contributed by atoms with Gasteiger partial charge in [0.1, 0.15) is 0 Å². The van der Waals surface area contributed by atoms with Crippen LogP contribution >= 0.6 is 11.6 Å². The third kappa shape index (κ3) is 3.46. The van der Waals surface area contributed by atoms with Crippen LogP contribution in [0.1, 0.15) is 15.9 Å². The van der Waals surface area contributed by atoms with E-state index in [-0.39, 0.29) is 5.91 Å². The lowest BCUT2D eigenvalue weighted by Crippen LogP contribution is -2.25. The quantitative estimate of drug-likeness (QED) is 0.757. The maximum Gasteiger partial charge on any atom is 0.251 e. The molecule has 0 saturated carbocycles. The van der Waals surface area contributed by atoms with Gasteiger partial charge in [-0.1, -0.05) is 54.1 Å². The lowest BCUT2D eigenvalue weighted by molar-refractivity contribution is 0.0954. The Morgan fingerprint density at radius 3 is 2.55 bits per heavy atom. The van der Waals surface area contributed by atoms with Crippen molar-refractivity contribution in [3.05, 3.63) is 82.9 Å². The van der Waals surface area contributed by atoms with Gasteiger partial charge in [0.05, 0.1) is 0 Å². The SMILES string of the molecule is O=C(NCCc1cccc(Cl)c1)c1ccc2ccccc2c1. The second kappa shape index (κ2) is 6.63. The summed E-state index contributed by atoms with van der Waals surface area (Å²) in [6, 6.07) is 21.5. The van der Waals surface area contributed by atoms with Crippen LogP contribution in [0.2, 0.25) is 5.02 Å². The van der Waals surface area contributed by atoms with Gasteiger partial charge in [0.25, 0.3) is 5.91 Å². The van der Waals surface area contributed by atoms with E-state index < -0.39 is 0 Å². The van der Waals surface area contributed by atoms with Gasteiger partial charge in [0, 0.05) is 17.1 Å². The Labute approximate surface area is 134 Å². The molecule has 1 N–H and O–H groups in total. The van der Waals surface area contributed by atoms with E-state index in [0.717, 1.165) is 27.8 Å². The van der Waals surface area contributed by atoms with Gasteiger partial charge in [0.15, 0.2) is 0 Å². The number of fused-ring (bicyclic) bond motifs is 1. The first-order chi connectivity index (χ1) is 10.7. The van der Waals surface area contributed by atoms with E-state index in [4.69, 9.17) is 11.6 Å². The molecule has 0 saturated heterocycles. The van der Waals surface area contributed by atoms with Crippen molar-refractivity contribution >= 4 is 28.3 Å². The van der Waals surface area contributed by atoms with Gasteiger partial charge in [-0.05, 0) is 47.0 Å². The normalized spacial score (nSPS) is 10.6. The lowest BCUT2D eigenvalue weighted by Gasteiger charge is -2.07. The summed E-state index contributed by atoms with van der Waals surface area (Å²) in [6.07, 6.45) is 0.764. The molecular formula is C19H16ClNO. The summed E-state index contributed by atoms with van der Waals surface area (Å²) in [5.74, 6) is -0.0484. The van der Waals surface area contributed by atoms with E-state index in [2.05, 4.69) is 5.32 Å². The zero-order valence-corrected chi connectivity index (χ0v) is 12.8. The molecule has 0 bridgehead atoms. The predicted octanol–water partition coefficient (Wildman–Crippen LogP) is 4.47. The second-order valence-electron chi connectivity index (χ2n) is 5.20. The molecular weight excluding hydrogens is 294 g/mol. The zero-order valence-electron chi connectivity index (χ0n) is 12.1. The molecule has 2 nitrogen and oxygen atoms in total. The predicted molar refractivity (Wildman–Crippen MR) is 91.4 cm³/mol. The molecule has 22 heavy (non-hydrogen) atoms. The lowest BCUT2D eigenvalue weighted by atomic mass is 10.1. The van der Waals surface area contributed by atoms with Crippen LogP contribution in [-0.4, -0.2) is 12.5 Å². The molecule has 0 aliphatic carbocycles. The molecule has 0 spiro atoms. The Hall–Kier alpha value is -2.32. The van der Waals surface area contributed by atoms with Crippen LogP contribution in [0.5, 0.6) is 0 Å². The van der Waals surface area contributed by atoms with E-state index in [0.29, 0.717) is 12.1 Å². The standard InChI is InChI=1S/C19H16ClNO/c20-18-7-3-4-14(12-18)10-11-21-19(22)17-9-8-15-5-1-2-6-16(15)13-17/h1-9,12-13H,10-11H2,(H,21,22). The van der Waals surface area contributed by atoms with Gasteiger partial charge in [-0.15, -0.1) is 0 Å². The molecule has 0 unspecified atom stereocenters. The first kappa shape index (κ1) is 14.6. The Bertz CT molecular complexity index is 813. The van der Waals surface area contributed by atoms with Crippen molar-refractivity contribution in [3.63, 3.8) is 0 Å². The third-order valence-electron chi connectivity index (χ3n) is 3.60. The molecule has 3 heteroatoms. The molecule has 3 aromatic carbocycles. The minimum atomic E-state index is -0.0484. The number of amides is 1. The maximum atomic E-state index is 12.2. The van der Waals surface area contributed by atoms with Crippen LogP contribution in [0.25, 0.3) is 10.8 Å². The molecule has 0 heterocycles. The highest BCUT2D eigenvalue weighted by Crippen LogP contribution is 2.15. The number of hydrogen-bond acceptors (Lipinski definition) is 1. The first-order valence-electron chi connectivity index (χ1n) is 7.24. The van der Waals surface area contributed by atoms with Gasteiger partial charge < -0.3 is 5.32 Å². The Balaban J connectivity index is 1.63. The molecule has 0 fully saturated rings. The number of hydrogen-bond donors (Lipinski definition) is 1. The minimum Gasteiger partial charge on any atom is -0.352 e. The highest BCUT2D eigenvalue weighted by atomic mass is 35.5. The summed E-state index contributed by atoms with van der Waals surface area (Å²) in [6.45, 7) is 0.589. The zero-order chi connectivity index (χ0) is 15.4. The van der Waals surface area contributed by atoms with Crippen LogP contribution in [0, 0.1) is 0 Å². The Morgan fingerprint density at radius 2 is 1.73 bits per heavy atom. The molecule has 0 aliphatic heterocycles. The molecule has 3 rings (SSSR count). The minimum absolute atomic E-state index is 0.0484. The van der Waals surface area contributed by atoms with Crippen molar-refractivity contribution in [1.82, 2.24) is 5.32 Å². The number of halogens is 1. The van der Waals surface area contributed by atoms with Crippen molar-refractivity contribution in [2.45, 2.75) is 6.42 Å². The van der Waals surface area contributed by atoms with Crippen LogP contribution in [0.4, 0.5) is 0 Å². The fourth-order valence-electron chi connectivity index (χ4n) is 2.45. The molecule has 0 aliphatic rings. The molecule has 110 valence electrons. The smallest absolute Gasteiger partial charge is 0.251 e. The largest absolute Gasteiger partial charge is 0.352 e. The average Bonchev–Trinajstić information content (AvgIpc) is 2.54. The summed E-state index contributed by atoms with van der Waals surface area (Å²) < 4.78 is 0. The summed E-state index contributed by atoms with van der Waals surface area (Å²) in [4.78, 5) is 12.2. The maximum absolute atomic E-state index is 12.2. The summed E-state index contributed by atoms with van der Waals surface area (Å²) in [5.41, 5.74) is 1.80. The number of carbonyl (C=O) groups is 1. The molecule has 3 aromatic rings. The highest BCUT2D eigenvalue weighted by molar-refractivity contribution is 6.30. The summed E-state index contributed by atoms with van der Waals surface area (Å²) >= 11 is 5.95. The van der Waals surface area contributed by atoms with E-state index in [1.807, 2.05) is 66.7 Å². The van der Waals surface area contributed by atoms with Crippen molar-refractivity contribution in [2.24, 2.45) is 0 Å². The number of nitrogens with one attached hydrogen (secondary N) is 1. The Morgan fingerprint density at radius 1 is 0.909 bits per heavy atom. The van der Waals surface area contributed by atoms with Gasteiger partial charge in [-0.25, -0.2) is 0 Å². The number of benzene rings is 3. The molecule has 0 atom stereocenters. The second-order valence-corrected chi connectivity index (χ2v) is 5.63. The van der Waals surface area contributed by atoms with Crippen molar-refractivity contribution in [3.8, 4) is 0 Å². The van der Waals surface area contributed by atoms with Crippen LogP contribution in [0.15, 0.2) is 66.7 Å². The summed E-state index contributed by atoms with van der Waals surface area (Å²) in [7, 11) is 0. The van der Waals surface area contributed by atoms with Crippen LogP contribution in [-0.2, 0) is 6.42 Å². The number of carbonyl (C=O) groups excluding carboxylic acids is 1. The first-order valence-corrected chi connectivity index (χ1v) is 7.61. The van der Waals surface area contributed by atoms with Crippen molar-refractivity contribution in [1.29, 1.82) is 0 Å². The van der Waals surface area contributed by atoms with E-state index in [1.54, 1.807) is 0 Å². The molecule has 0 aromatic heterocycles. The van der Waals surface area contributed by atoms with E-state index in [9.17, 15) is 4.79 Å². The van der Waals surface area contributed by atoms with Gasteiger partial charge >= 0.3 is 0 Å². The van der Waals surface area contributed by atoms with E-state index >= 15 is 0 Å². The summed E-state index contributed by atoms with van der Waals surface area (Å²) in [5, 5.41) is 5.88. The highest BCUT2D eigenvalue weighted by Gasteiger charge is 2.05. The monoisotopic (exact) mass is 309 g/mol. The van der Waals surface area contributed by atoms with Gasteiger partial charge in [-0.2, -0.15) is 0 Å². The van der Waals surface area contributed by atoms with Gasteiger partial charge in [-0.3, -0.25) is 4.79 Å². The molecule has 1 amide bonds. The Kier molecular flexibility index (Phi) is 4.40.